The minimum absolute atomic E-state index is 0.460. The molecule has 30 heavy (non-hydrogen) atoms. The van der Waals surface area contributed by atoms with Crippen LogP contribution >= 0.6 is 34.8 Å². The van der Waals surface area contributed by atoms with Crippen LogP contribution in [0, 0.1) is 5.41 Å². The molecule has 0 unspecified atom stereocenters. The molecule has 0 aliphatic carbocycles. The highest BCUT2D eigenvalue weighted by Gasteiger charge is 2.54. The highest BCUT2D eigenvalue weighted by molar-refractivity contribution is 6.76. The van der Waals surface area contributed by atoms with E-state index in [4.69, 9.17) is 68.6 Å². The molecule has 1 rings (SSSR count). The Hall–Kier alpha value is -1.82. The van der Waals surface area contributed by atoms with E-state index in [-0.39, 0.29) is 0 Å². The number of carbonyl (C=O) groups excluding carboxylic acids is 4. The van der Waals surface area contributed by atoms with Crippen LogP contribution in [0.5, 0.6) is 0 Å². The third kappa shape index (κ3) is 8.13. The largest absolute Gasteiger partial charge is 0.463 e. The second-order valence-electron chi connectivity index (χ2n) is 6.01. The predicted octanol–water partition coefficient (Wildman–Crippen LogP) is 1.43. The fourth-order valence-corrected chi connectivity index (χ4v) is 2.60. The van der Waals surface area contributed by atoms with Gasteiger partial charge in [-0.25, -0.2) is 0 Å². The number of hydrogen-bond donors (Lipinski definition) is 1. The number of ether oxygens (including phenoxy) is 6. The highest BCUT2D eigenvalue weighted by Crippen LogP contribution is 2.33. The Balaban J connectivity index is 3.37. The van der Waals surface area contributed by atoms with Gasteiger partial charge in [0.15, 0.2) is 12.2 Å². The molecule has 0 radical (unpaired) electrons. The molecule has 0 amide bonds. The average Bonchev–Trinajstić information content (AvgIpc) is 2.56. The summed E-state index contributed by atoms with van der Waals surface area (Å²) in [6.45, 7) is 3.86. The molecule has 0 aromatic rings. The van der Waals surface area contributed by atoms with Crippen LogP contribution in [0.15, 0.2) is 0 Å². The maximum Gasteiger partial charge on any atom is 0.303 e. The van der Waals surface area contributed by atoms with Gasteiger partial charge >= 0.3 is 23.9 Å². The van der Waals surface area contributed by atoms with Gasteiger partial charge < -0.3 is 28.4 Å². The van der Waals surface area contributed by atoms with Crippen LogP contribution in [0.3, 0.4) is 0 Å². The molecule has 0 spiro atoms. The van der Waals surface area contributed by atoms with Crippen molar-refractivity contribution in [1.29, 1.82) is 5.41 Å². The molecule has 0 bridgehead atoms. The Morgan fingerprint density at radius 3 is 1.70 bits per heavy atom. The number of alkyl halides is 3. The molecule has 170 valence electrons. The van der Waals surface area contributed by atoms with Gasteiger partial charge in [0, 0.05) is 27.7 Å². The Morgan fingerprint density at radius 2 is 1.27 bits per heavy atom. The second kappa shape index (κ2) is 11.0. The zero-order valence-electron chi connectivity index (χ0n) is 16.3. The van der Waals surface area contributed by atoms with Crippen molar-refractivity contribution in [3.8, 4) is 0 Å². The average molecular weight is 493 g/mol. The maximum atomic E-state index is 11.7. The smallest absolute Gasteiger partial charge is 0.303 e. The van der Waals surface area contributed by atoms with Crippen LogP contribution in [0.4, 0.5) is 0 Å². The fraction of sp³-hybridized carbons (Fsp3) is 0.688. The third-order valence-corrected chi connectivity index (χ3v) is 3.95. The van der Waals surface area contributed by atoms with Gasteiger partial charge in [-0.1, -0.05) is 34.8 Å². The van der Waals surface area contributed by atoms with Crippen molar-refractivity contribution < 1.29 is 47.6 Å². The predicted molar refractivity (Wildman–Crippen MR) is 101 cm³/mol. The van der Waals surface area contributed by atoms with Gasteiger partial charge in [-0.15, -0.1) is 0 Å². The molecular weight excluding hydrogens is 473 g/mol. The summed E-state index contributed by atoms with van der Waals surface area (Å²) in [5.74, 6) is -4.03. The van der Waals surface area contributed by atoms with Gasteiger partial charge in [0.2, 0.25) is 18.3 Å². The maximum absolute atomic E-state index is 11.7. The summed E-state index contributed by atoms with van der Waals surface area (Å²) >= 11 is 16.8. The number of hydrogen-bond acceptors (Lipinski definition) is 11. The van der Waals surface area contributed by atoms with E-state index in [9.17, 15) is 19.2 Å². The minimum Gasteiger partial charge on any atom is -0.463 e. The van der Waals surface area contributed by atoms with E-state index in [1.165, 1.54) is 0 Å². The molecule has 5 atom stereocenters. The SMILES string of the molecule is CC(=O)OC[C@H]1O[C@@H](OC(=N)C(Cl)(Cl)Cl)[C@H](OC(C)=O)[C@@H](OC(C)=O)[C@@H]1OC(C)=O. The van der Waals surface area contributed by atoms with E-state index >= 15 is 0 Å². The van der Waals surface area contributed by atoms with Crippen molar-refractivity contribution in [2.75, 3.05) is 6.61 Å². The second-order valence-corrected chi connectivity index (χ2v) is 8.29. The first-order chi connectivity index (χ1) is 13.7. The van der Waals surface area contributed by atoms with Crippen molar-refractivity contribution in [1.82, 2.24) is 0 Å². The van der Waals surface area contributed by atoms with Gasteiger partial charge in [-0.05, 0) is 0 Å². The topological polar surface area (TPSA) is 148 Å². The quantitative estimate of drug-likeness (QED) is 0.190. The first-order valence-electron chi connectivity index (χ1n) is 8.35. The molecule has 1 aliphatic rings. The van der Waals surface area contributed by atoms with Gasteiger partial charge in [0.25, 0.3) is 3.79 Å². The summed E-state index contributed by atoms with van der Waals surface area (Å²) in [6, 6.07) is 0. The van der Waals surface area contributed by atoms with Crippen LogP contribution in [0.25, 0.3) is 0 Å². The molecule has 0 aromatic heterocycles. The lowest BCUT2D eigenvalue weighted by molar-refractivity contribution is -0.292. The number of rotatable bonds is 6. The van der Waals surface area contributed by atoms with Crippen molar-refractivity contribution in [3.05, 3.63) is 0 Å². The van der Waals surface area contributed by atoms with Gasteiger partial charge in [-0.2, -0.15) is 0 Å². The van der Waals surface area contributed by atoms with Crippen molar-refractivity contribution >= 4 is 64.6 Å². The van der Waals surface area contributed by atoms with E-state index in [0.29, 0.717) is 0 Å². The molecule has 0 saturated carbocycles. The molecular formula is C16H20Cl3NO10. The van der Waals surface area contributed by atoms with Crippen LogP contribution in [-0.4, -0.2) is 70.9 Å². The Labute approximate surface area is 186 Å². The number of carbonyl (C=O) groups is 4. The molecule has 11 nitrogen and oxygen atoms in total. The van der Waals surface area contributed by atoms with E-state index in [2.05, 4.69) is 0 Å². The standard InChI is InChI=1S/C16H20Cl3NO10/c1-6(21)25-5-10-11(26-7(2)22)12(27-8(3)23)13(28-9(4)24)14(29-10)30-15(20)16(17,18)19/h10-14,20H,5H2,1-4H3/t10-,11-,12+,13-,14+/m1/s1. The molecule has 1 saturated heterocycles. The van der Waals surface area contributed by atoms with Gasteiger partial charge in [0.05, 0.1) is 0 Å². The lowest BCUT2D eigenvalue weighted by atomic mass is 9.98. The first kappa shape index (κ1) is 26.2. The van der Waals surface area contributed by atoms with Crippen LogP contribution in [-0.2, 0) is 47.6 Å². The molecule has 1 aliphatic heterocycles. The molecule has 1 heterocycles. The summed E-state index contributed by atoms with van der Waals surface area (Å²) in [6.07, 6.45) is -7.25. The molecule has 14 heteroatoms. The van der Waals surface area contributed by atoms with Crippen LogP contribution < -0.4 is 0 Å². The Kier molecular flexibility index (Phi) is 9.60. The van der Waals surface area contributed by atoms with E-state index < -0.39 is 70.9 Å². The summed E-state index contributed by atoms with van der Waals surface area (Å²) in [5, 5.41) is 7.74. The van der Waals surface area contributed by atoms with Crippen molar-refractivity contribution in [2.24, 2.45) is 0 Å². The Bertz CT molecular complexity index is 695. The molecule has 1 fully saturated rings. The minimum atomic E-state index is -2.29. The summed E-state index contributed by atoms with van der Waals surface area (Å²) in [7, 11) is 0. The lowest BCUT2D eigenvalue weighted by Crippen LogP contribution is -2.63. The zero-order chi connectivity index (χ0) is 23.2. The fourth-order valence-electron chi connectivity index (χ4n) is 2.47. The molecule has 0 aromatic carbocycles. The first-order valence-corrected chi connectivity index (χ1v) is 9.48. The van der Waals surface area contributed by atoms with Crippen molar-refractivity contribution in [2.45, 2.75) is 62.2 Å². The van der Waals surface area contributed by atoms with Gasteiger partial charge in [0.1, 0.15) is 12.7 Å². The highest BCUT2D eigenvalue weighted by atomic mass is 35.6. The summed E-state index contributed by atoms with van der Waals surface area (Å²) in [4.78, 5) is 46.1. The third-order valence-electron chi connectivity index (χ3n) is 3.44. The zero-order valence-corrected chi connectivity index (χ0v) is 18.6. The number of nitrogens with one attached hydrogen (secondary N) is 1. The van der Waals surface area contributed by atoms with E-state index in [0.717, 1.165) is 27.7 Å². The van der Waals surface area contributed by atoms with E-state index in [1.807, 2.05) is 0 Å². The lowest BCUT2D eigenvalue weighted by Gasteiger charge is -2.44. The normalized spacial score (nSPS) is 26.2. The number of esters is 4. The number of halogens is 3. The monoisotopic (exact) mass is 491 g/mol. The summed E-state index contributed by atoms with van der Waals surface area (Å²) < 4.78 is 28.9. The van der Waals surface area contributed by atoms with Gasteiger partial charge in [-0.3, -0.25) is 24.6 Å². The summed E-state index contributed by atoms with van der Waals surface area (Å²) in [5.41, 5.74) is 0. The van der Waals surface area contributed by atoms with Crippen LogP contribution in [0.1, 0.15) is 27.7 Å². The van der Waals surface area contributed by atoms with E-state index in [1.54, 1.807) is 0 Å². The molecule has 1 N–H and O–H groups in total. The van der Waals surface area contributed by atoms with Crippen LogP contribution in [0.2, 0.25) is 0 Å². The Morgan fingerprint density at radius 1 is 0.800 bits per heavy atom. The van der Waals surface area contributed by atoms with Crippen molar-refractivity contribution in [3.63, 3.8) is 0 Å².